The summed E-state index contributed by atoms with van der Waals surface area (Å²) in [5.74, 6) is -5.74. The van der Waals surface area contributed by atoms with Gasteiger partial charge in [0.1, 0.15) is 11.6 Å². The molecule has 4 rings (SSSR count). The van der Waals surface area contributed by atoms with Crippen LogP contribution in [0.15, 0.2) is 24.3 Å². The van der Waals surface area contributed by atoms with E-state index < -0.39 is 34.9 Å². The number of phenols is 1. The third-order valence-corrected chi connectivity index (χ3v) is 6.19. The van der Waals surface area contributed by atoms with Crippen molar-refractivity contribution < 1.29 is 27.8 Å². The van der Waals surface area contributed by atoms with Gasteiger partial charge < -0.3 is 20.5 Å². The second-order valence-corrected chi connectivity index (χ2v) is 8.45. The summed E-state index contributed by atoms with van der Waals surface area (Å²) in [5.41, 5.74) is 6.39. The molecule has 0 radical (unpaired) electrons. The molecule has 0 bridgehead atoms. The molecule has 1 aromatic carbocycles. The summed E-state index contributed by atoms with van der Waals surface area (Å²) in [6.45, 7) is 2.71. The Bertz CT molecular complexity index is 1190. The van der Waals surface area contributed by atoms with E-state index in [1.165, 1.54) is 17.4 Å². The molecule has 32 heavy (non-hydrogen) atoms. The van der Waals surface area contributed by atoms with E-state index in [4.69, 9.17) is 10.5 Å². The lowest BCUT2D eigenvalue weighted by molar-refractivity contribution is 0.104. The maximum absolute atomic E-state index is 14.3. The van der Waals surface area contributed by atoms with E-state index in [0.29, 0.717) is 40.4 Å². The Balaban J connectivity index is 1.55. The van der Waals surface area contributed by atoms with Gasteiger partial charge in [-0.1, -0.05) is 6.07 Å². The van der Waals surface area contributed by atoms with Crippen LogP contribution in [0.1, 0.15) is 17.1 Å². The van der Waals surface area contributed by atoms with Crippen molar-refractivity contribution in [3.8, 4) is 27.6 Å². The van der Waals surface area contributed by atoms with Crippen LogP contribution in [-0.2, 0) is 11.3 Å². The number of thiazole rings is 1. The summed E-state index contributed by atoms with van der Waals surface area (Å²) in [5, 5.41) is 9.78. The third-order valence-electron chi connectivity index (χ3n) is 5.03. The summed E-state index contributed by atoms with van der Waals surface area (Å²) in [4.78, 5) is 23.0. The standard InChI is InChI=1S/C21H19F3N4O3S/c1-10-20(32-16(26-10)9-31-21(30)28-6-5-11(25)8-28)15-4-2-3-14(27-15)12-7-13(22)19(29)18(24)17(12)23/h2-4,7,11,29H,5-6,8-9,25H2,1H3. The molecule has 3 heterocycles. The third kappa shape index (κ3) is 4.26. The van der Waals surface area contributed by atoms with Crippen molar-refractivity contribution >= 4 is 17.4 Å². The fraction of sp³-hybridized carbons (Fsp3) is 0.286. The van der Waals surface area contributed by atoms with Gasteiger partial charge in [0, 0.05) is 24.7 Å². The van der Waals surface area contributed by atoms with Crippen LogP contribution in [0.25, 0.3) is 21.8 Å². The average Bonchev–Trinajstić information content (AvgIpc) is 3.38. The van der Waals surface area contributed by atoms with Crippen molar-refractivity contribution in [3.63, 3.8) is 0 Å². The molecule has 3 aromatic rings. The van der Waals surface area contributed by atoms with Gasteiger partial charge in [0.05, 0.1) is 22.0 Å². The van der Waals surface area contributed by atoms with Gasteiger partial charge in [-0.25, -0.2) is 23.5 Å². The summed E-state index contributed by atoms with van der Waals surface area (Å²) in [6.07, 6.45) is 0.270. The Morgan fingerprint density at radius 2 is 2.03 bits per heavy atom. The van der Waals surface area contributed by atoms with Gasteiger partial charge in [-0.2, -0.15) is 4.39 Å². The van der Waals surface area contributed by atoms with E-state index in [-0.39, 0.29) is 18.3 Å². The Labute approximate surface area is 185 Å². The minimum absolute atomic E-state index is 0.0102. The number of amides is 1. The number of carbonyl (C=O) groups is 1. The number of rotatable bonds is 4. The van der Waals surface area contributed by atoms with Crippen molar-refractivity contribution in [2.45, 2.75) is 26.0 Å². The van der Waals surface area contributed by atoms with E-state index in [1.54, 1.807) is 24.0 Å². The molecule has 1 amide bonds. The topological polar surface area (TPSA) is 102 Å². The van der Waals surface area contributed by atoms with Crippen LogP contribution in [-0.4, -0.2) is 45.2 Å². The van der Waals surface area contributed by atoms with Gasteiger partial charge in [-0.05, 0) is 31.5 Å². The molecule has 2 aromatic heterocycles. The SMILES string of the molecule is Cc1nc(COC(=O)N2CCC(N)C2)sc1-c1cccc(-c2cc(F)c(O)c(F)c2F)n1. The Kier molecular flexibility index (Phi) is 6.02. The minimum atomic E-state index is -1.68. The first kappa shape index (κ1) is 22.0. The zero-order valence-electron chi connectivity index (χ0n) is 16.9. The van der Waals surface area contributed by atoms with E-state index in [1.807, 2.05) is 0 Å². The first-order valence-corrected chi connectivity index (χ1v) is 10.5. The van der Waals surface area contributed by atoms with Crippen molar-refractivity contribution in [3.05, 3.63) is 52.4 Å². The number of likely N-dealkylation sites (tertiary alicyclic amines) is 1. The lowest BCUT2D eigenvalue weighted by Gasteiger charge is -2.14. The highest BCUT2D eigenvalue weighted by Crippen LogP contribution is 2.34. The molecule has 3 N–H and O–H groups in total. The molecule has 0 aliphatic carbocycles. The quantitative estimate of drug-likeness (QED) is 0.567. The zero-order chi connectivity index (χ0) is 23.0. The van der Waals surface area contributed by atoms with Crippen molar-refractivity contribution in [1.29, 1.82) is 0 Å². The molecule has 1 saturated heterocycles. The summed E-state index contributed by atoms with van der Waals surface area (Å²) in [6, 6.07) is 5.26. The number of hydrogen-bond acceptors (Lipinski definition) is 7. The Morgan fingerprint density at radius 1 is 1.28 bits per heavy atom. The first-order chi connectivity index (χ1) is 15.2. The highest BCUT2D eigenvalue weighted by molar-refractivity contribution is 7.15. The van der Waals surface area contributed by atoms with Crippen molar-refractivity contribution in [2.75, 3.05) is 13.1 Å². The molecular formula is C21H19F3N4O3S. The number of pyridine rings is 1. The smallest absolute Gasteiger partial charge is 0.410 e. The Hall–Kier alpha value is -3.18. The first-order valence-electron chi connectivity index (χ1n) is 9.72. The Morgan fingerprint density at radius 3 is 2.75 bits per heavy atom. The lowest BCUT2D eigenvalue weighted by atomic mass is 10.1. The van der Waals surface area contributed by atoms with E-state index in [0.717, 1.165) is 6.42 Å². The molecule has 1 aliphatic heterocycles. The molecule has 1 unspecified atom stereocenters. The number of nitrogens with zero attached hydrogens (tertiary/aromatic N) is 3. The molecule has 1 atom stereocenters. The maximum atomic E-state index is 14.3. The van der Waals surface area contributed by atoms with Crippen molar-refractivity contribution in [2.24, 2.45) is 5.73 Å². The number of aryl methyl sites for hydroxylation is 1. The highest BCUT2D eigenvalue weighted by atomic mass is 32.1. The molecule has 1 aliphatic rings. The largest absolute Gasteiger partial charge is 0.503 e. The molecule has 1 fully saturated rings. The van der Waals surface area contributed by atoms with Crippen LogP contribution in [0, 0.1) is 24.4 Å². The number of aromatic nitrogens is 2. The van der Waals surface area contributed by atoms with E-state index in [2.05, 4.69) is 9.97 Å². The molecule has 11 heteroatoms. The number of ether oxygens (including phenoxy) is 1. The van der Waals surface area contributed by atoms with Crippen LogP contribution >= 0.6 is 11.3 Å². The summed E-state index contributed by atoms with van der Waals surface area (Å²) < 4.78 is 47.1. The fourth-order valence-electron chi connectivity index (χ4n) is 3.40. The van der Waals surface area contributed by atoms with Crippen LogP contribution in [0.4, 0.5) is 18.0 Å². The van der Waals surface area contributed by atoms with Crippen LogP contribution in [0.5, 0.6) is 5.75 Å². The van der Waals surface area contributed by atoms with Crippen LogP contribution in [0.3, 0.4) is 0 Å². The van der Waals surface area contributed by atoms with Gasteiger partial charge >= 0.3 is 6.09 Å². The predicted octanol–water partition coefficient (Wildman–Crippen LogP) is 3.97. The number of aromatic hydroxyl groups is 1. The average molecular weight is 464 g/mol. The van der Waals surface area contributed by atoms with Gasteiger partial charge in [0.25, 0.3) is 0 Å². The fourth-order valence-corrected chi connectivity index (χ4v) is 4.35. The van der Waals surface area contributed by atoms with Crippen LogP contribution < -0.4 is 5.73 Å². The summed E-state index contributed by atoms with van der Waals surface area (Å²) in [7, 11) is 0. The van der Waals surface area contributed by atoms with Crippen LogP contribution in [0.2, 0.25) is 0 Å². The second-order valence-electron chi connectivity index (χ2n) is 7.36. The number of phenolic OH excluding ortho intramolecular Hbond substituents is 1. The normalized spacial score (nSPS) is 15.9. The number of hydrogen-bond donors (Lipinski definition) is 2. The van der Waals surface area contributed by atoms with Gasteiger partial charge in [-0.3, -0.25) is 0 Å². The summed E-state index contributed by atoms with van der Waals surface area (Å²) >= 11 is 1.24. The number of benzene rings is 1. The minimum Gasteiger partial charge on any atom is -0.503 e. The van der Waals surface area contributed by atoms with Gasteiger partial charge in [0.2, 0.25) is 5.82 Å². The van der Waals surface area contributed by atoms with Crippen molar-refractivity contribution in [1.82, 2.24) is 14.9 Å². The molecule has 168 valence electrons. The van der Waals surface area contributed by atoms with E-state index >= 15 is 0 Å². The van der Waals surface area contributed by atoms with Gasteiger partial charge in [-0.15, -0.1) is 11.3 Å². The molecule has 0 spiro atoms. The maximum Gasteiger partial charge on any atom is 0.410 e. The second kappa shape index (κ2) is 8.75. The number of carbonyl (C=O) groups excluding carboxylic acids is 1. The number of halogens is 3. The molecule has 0 saturated carbocycles. The lowest BCUT2D eigenvalue weighted by Crippen LogP contribution is -2.32. The molecule has 7 nitrogen and oxygen atoms in total. The molecular weight excluding hydrogens is 445 g/mol. The highest BCUT2D eigenvalue weighted by Gasteiger charge is 2.25. The predicted molar refractivity (Wildman–Crippen MR) is 111 cm³/mol. The monoisotopic (exact) mass is 464 g/mol. The van der Waals surface area contributed by atoms with Gasteiger partial charge in [0.15, 0.2) is 17.4 Å². The zero-order valence-corrected chi connectivity index (χ0v) is 17.8. The van der Waals surface area contributed by atoms with E-state index in [9.17, 15) is 23.1 Å². The number of nitrogens with two attached hydrogens (primary N) is 1.